The molecule has 4 nitrogen and oxygen atoms in total. The second kappa shape index (κ2) is 6.47. The van der Waals surface area contributed by atoms with Crippen LogP contribution in [0.2, 0.25) is 5.02 Å². The molecule has 17 heavy (non-hydrogen) atoms. The van der Waals surface area contributed by atoms with Crippen molar-refractivity contribution in [3.8, 4) is 11.5 Å². The van der Waals surface area contributed by atoms with E-state index in [4.69, 9.17) is 26.8 Å². The number of methoxy groups -OCH3 is 1. The molecule has 0 spiro atoms. The zero-order valence-corrected chi connectivity index (χ0v) is 10.7. The number of halogens is 1. The number of rotatable bonds is 6. The number of ether oxygens (including phenoxy) is 2. The molecular formula is C12H16ClNO3. The molecule has 0 unspecified atom stereocenters. The maximum absolute atomic E-state index is 11.9. The maximum Gasteiger partial charge on any atom is 0.173 e. The fourth-order valence-corrected chi connectivity index (χ4v) is 1.76. The van der Waals surface area contributed by atoms with Crippen LogP contribution in [-0.4, -0.2) is 26.0 Å². The number of carbonyl (C=O) groups is 1. The molecule has 0 radical (unpaired) electrons. The minimum absolute atomic E-state index is 0.139. The van der Waals surface area contributed by atoms with Crippen LogP contribution in [0.4, 0.5) is 0 Å². The Labute approximate surface area is 106 Å². The van der Waals surface area contributed by atoms with E-state index in [-0.39, 0.29) is 18.7 Å². The second-order valence-electron chi connectivity index (χ2n) is 3.35. The lowest BCUT2D eigenvalue weighted by Gasteiger charge is -2.14. The highest BCUT2D eigenvalue weighted by Crippen LogP contribution is 2.36. The third kappa shape index (κ3) is 3.11. The Kier molecular flexibility index (Phi) is 5.25. The van der Waals surface area contributed by atoms with Gasteiger partial charge in [0.25, 0.3) is 0 Å². The van der Waals surface area contributed by atoms with Crippen LogP contribution in [-0.2, 0) is 0 Å². The number of carbonyl (C=O) groups excluding carboxylic acids is 1. The van der Waals surface area contributed by atoms with E-state index in [1.54, 1.807) is 12.1 Å². The summed E-state index contributed by atoms with van der Waals surface area (Å²) >= 11 is 6.03. The number of ketones is 1. The van der Waals surface area contributed by atoms with Crippen molar-refractivity contribution in [3.05, 3.63) is 22.7 Å². The molecule has 1 rings (SSSR count). The molecule has 0 aliphatic heterocycles. The summed E-state index contributed by atoms with van der Waals surface area (Å²) in [6.07, 6.45) is 0.229. The summed E-state index contributed by atoms with van der Waals surface area (Å²) in [6.45, 7) is 2.54. The molecule has 5 heteroatoms. The molecule has 0 bridgehead atoms. The van der Waals surface area contributed by atoms with E-state index in [9.17, 15) is 4.79 Å². The largest absolute Gasteiger partial charge is 0.493 e. The lowest BCUT2D eigenvalue weighted by atomic mass is 10.1. The van der Waals surface area contributed by atoms with Gasteiger partial charge in [-0.3, -0.25) is 4.79 Å². The van der Waals surface area contributed by atoms with Gasteiger partial charge in [0.1, 0.15) is 0 Å². The Morgan fingerprint density at radius 3 is 2.71 bits per heavy atom. The molecule has 0 heterocycles. The molecule has 1 aromatic rings. The van der Waals surface area contributed by atoms with E-state index >= 15 is 0 Å². The van der Waals surface area contributed by atoms with Crippen molar-refractivity contribution in [2.75, 3.05) is 20.3 Å². The molecule has 2 N–H and O–H groups in total. The van der Waals surface area contributed by atoms with Crippen molar-refractivity contribution in [2.45, 2.75) is 13.3 Å². The zero-order chi connectivity index (χ0) is 12.8. The standard InChI is InChI=1S/C12H16ClNO3/c1-3-17-12-10(16-2)5-4-8(13)11(12)9(15)6-7-14/h4-5H,3,6-7,14H2,1-2H3. The highest BCUT2D eigenvalue weighted by molar-refractivity contribution is 6.34. The SMILES string of the molecule is CCOc1c(OC)ccc(Cl)c1C(=O)CCN. The summed E-state index contributed by atoms with van der Waals surface area (Å²) < 4.78 is 10.6. The maximum atomic E-state index is 11.9. The number of benzene rings is 1. The van der Waals surface area contributed by atoms with E-state index in [2.05, 4.69) is 0 Å². The fourth-order valence-electron chi connectivity index (χ4n) is 1.50. The molecule has 0 fully saturated rings. The van der Waals surface area contributed by atoms with E-state index in [1.807, 2.05) is 6.92 Å². The van der Waals surface area contributed by atoms with E-state index in [0.717, 1.165) is 0 Å². The van der Waals surface area contributed by atoms with Gasteiger partial charge in [0, 0.05) is 6.42 Å². The van der Waals surface area contributed by atoms with Crippen molar-refractivity contribution < 1.29 is 14.3 Å². The van der Waals surface area contributed by atoms with Gasteiger partial charge in [-0.1, -0.05) is 11.6 Å². The van der Waals surface area contributed by atoms with Crippen molar-refractivity contribution in [1.82, 2.24) is 0 Å². The minimum Gasteiger partial charge on any atom is -0.493 e. The van der Waals surface area contributed by atoms with Crippen LogP contribution >= 0.6 is 11.6 Å². The molecule has 0 saturated carbocycles. The summed E-state index contributed by atoms with van der Waals surface area (Å²) in [5, 5.41) is 0.354. The highest BCUT2D eigenvalue weighted by atomic mass is 35.5. The van der Waals surface area contributed by atoms with Crippen LogP contribution in [0.1, 0.15) is 23.7 Å². The number of hydrogen-bond donors (Lipinski definition) is 1. The van der Waals surface area contributed by atoms with Crippen LogP contribution in [0.25, 0.3) is 0 Å². The minimum atomic E-state index is -0.139. The molecule has 94 valence electrons. The second-order valence-corrected chi connectivity index (χ2v) is 3.76. The van der Waals surface area contributed by atoms with Crippen molar-refractivity contribution in [2.24, 2.45) is 5.73 Å². The van der Waals surface area contributed by atoms with E-state index in [0.29, 0.717) is 28.7 Å². The van der Waals surface area contributed by atoms with Gasteiger partial charge in [0.2, 0.25) is 0 Å². The summed E-state index contributed by atoms with van der Waals surface area (Å²) in [4.78, 5) is 11.9. The molecule has 0 atom stereocenters. The molecule has 0 aliphatic rings. The van der Waals surface area contributed by atoms with E-state index in [1.165, 1.54) is 7.11 Å². The summed E-state index contributed by atoms with van der Waals surface area (Å²) in [6, 6.07) is 3.29. The van der Waals surface area contributed by atoms with Gasteiger partial charge >= 0.3 is 0 Å². The number of Topliss-reactive ketones (excluding diaryl/α,β-unsaturated/α-hetero) is 1. The first kappa shape index (κ1) is 13.8. The third-order valence-electron chi connectivity index (χ3n) is 2.23. The number of nitrogens with two attached hydrogens (primary N) is 1. The predicted octanol–water partition coefficient (Wildman–Crippen LogP) is 2.28. The summed E-state index contributed by atoms with van der Waals surface area (Å²) in [5.74, 6) is 0.748. The van der Waals surface area contributed by atoms with E-state index < -0.39 is 0 Å². The third-order valence-corrected chi connectivity index (χ3v) is 2.54. The Bertz CT molecular complexity index is 407. The lowest BCUT2D eigenvalue weighted by Crippen LogP contribution is -2.11. The molecule has 0 aromatic heterocycles. The van der Waals surface area contributed by atoms with Crippen LogP contribution < -0.4 is 15.2 Å². The monoisotopic (exact) mass is 257 g/mol. The first-order valence-corrected chi connectivity index (χ1v) is 5.76. The van der Waals surface area contributed by atoms with Gasteiger partial charge in [-0.25, -0.2) is 0 Å². The molecule has 0 amide bonds. The van der Waals surface area contributed by atoms with Crippen LogP contribution in [0.5, 0.6) is 11.5 Å². The van der Waals surface area contributed by atoms with Gasteiger partial charge in [-0.15, -0.1) is 0 Å². The Balaban J connectivity index is 3.27. The van der Waals surface area contributed by atoms with Gasteiger partial charge < -0.3 is 15.2 Å². The van der Waals surface area contributed by atoms with Crippen LogP contribution in [0.3, 0.4) is 0 Å². The van der Waals surface area contributed by atoms with Crippen molar-refractivity contribution in [3.63, 3.8) is 0 Å². The van der Waals surface area contributed by atoms with Crippen molar-refractivity contribution in [1.29, 1.82) is 0 Å². The average Bonchev–Trinajstić information content (AvgIpc) is 2.30. The van der Waals surface area contributed by atoms with Crippen LogP contribution in [0.15, 0.2) is 12.1 Å². The van der Waals surface area contributed by atoms with Gasteiger partial charge in [0.05, 0.1) is 24.3 Å². The molecule has 1 aromatic carbocycles. The highest BCUT2D eigenvalue weighted by Gasteiger charge is 2.20. The quantitative estimate of drug-likeness (QED) is 0.795. The Hall–Kier alpha value is -1.26. The predicted molar refractivity (Wildman–Crippen MR) is 67.2 cm³/mol. The number of hydrogen-bond acceptors (Lipinski definition) is 4. The van der Waals surface area contributed by atoms with Crippen molar-refractivity contribution >= 4 is 17.4 Å². The molecule has 0 aliphatic carbocycles. The smallest absolute Gasteiger partial charge is 0.173 e. The zero-order valence-electron chi connectivity index (χ0n) is 9.96. The van der Waals surface area contributed by atoms with Crippen LogP contribution in [0, 0.1) is 0 Å². The first-order chi connectivity index (χ1) is 8.15. The van der Waals surface area contributed by atoms with Gasteiger partial charge in [0.15, 0.2) is 17.3 Å². The summed E-state index contributed by atoms with van der Waals surface area (Å²) in [7, 11) is 1.52. The molecular weight excluding hydrogens is 242 g/mol. The van der Waals surface area contributed by atoms with Gasteiger partial charge in [-0.2, -0.15) is 0 Å². The Morgan fingerprint density at radius 1 is 1.47 bits per heavy atom. The Morgan fingerprint density at radius 2 is 2.18 bits per heavy atom. The first-order valence-electron chi connectivity index (χ1n) is 5.38. The lowest BCUT2D eigenvalue weighted by molar-refractivity contribution is 0.0981. The molecule has 0 saturated heterocycles. The topological polar surface area (TPSA) is 61.5 Å². The van der Waals surface area contributed by atoms with Gasteiger partial charge in [-0.05, 0) is 25.6 Å². The summed E-state index contributed by atoms with van der Waals surface area (Å²) in [5.41, 5.74) is 5.72. The normalized spacial score (nSPS) is 10.1. The fraction of sp³-hybridized carbons (Fsp3) is 0.417. The average molecular weight is 258 g/mol.